The topological polar surface area (TPSA) is 113 Å². The molecule has 1 fully saturated rings. The van der Waals surface area contributed by atoms with Crippen molar-refractivity contribution in [2.75, 3.05) is 45.4 Å². The molecular formula is C28H27ClFN5O4. The molecule has 0 aliphatic carbocycles. The number of fused-ring (bicyclic) bond motifs is 2. The van der Waals surface area contributed by atoms with E-state index in [1.807, 2.05) is 29.2 Å². The van der Waals surface area contributed by atoms with Crippen LogP contribution in [0, 0.1) is 17.1 Å². The Bertz CT molecular complexity index is 1560. The fourth-order valence-electron chi connectivity index (χ4n) is 4.85. The number of piperazine rings is 1. The second-order valence-electron chi connectivity index (χ2n) is 9.16. The van der Waals surface area contributed by atoms with Crippen LogP contribution in [0.1, 0.15) is 6.42 Å². The minimum absolute atomic E-state index is 0.0128. The summed E-state index contributed by atoms with van der Waals surface area (Å²) in [5, 5.41) is 24.9. The highest BCUT2D eigenvalue weighted by Crippen LogP contribution is 2.42. The van der Waals surface area contributed by atoms with Gasteiger partial charge in [-0.3, -0.25) is 0 Å². The zero-order chi connectivity index (χ0) is 27.5. The predicted molar refractivity (Wildman–Crippen MR) is 147 cm³/mol. The van der Waals surface area contributed by atoms with Crippen molar-refractivity contribution in [2.24, 2.45) is 0 Å². The van der Waals surface area contributed by atoms with E-state index in [1.165, 1.54) is 20.3 Å². The highest BCUT2D eigenvalue weighted by atomic mass is 35.5. The molecule has 0 bridgehead atoms. The molecule has 9 nitrogen and oxygen atoms in total. The van der Waals surface area contributed by atoms with E-state index < -0.39 is 12.1 Å². The smallest absolute Gasteiger partial charge is 0.319 e. The molecule has 0 spiro atoms. The number of aromatic hydroxyl groups is 1. The third kappa shape index (κ3) is 5.40. The molecule has 2 N–H and O–H groups in total. The third-order valence-electron chi connectivity index (χ3n) is 6.73. The summed E-state index contributed by atoms with van der Waals surface area (Å²) in [6.45, 7) is 1.66. The molecule has 5 rings (SSSR count). The van der Waals surface area contributed by atoms with Gasteiger partial charge in [-0.2, -0.15) is 15.2 Å². The van der Waals surface area contributed by atoms with Crippen LogP contribution in [-0.2, 0) is 9.47 Å². The summed E-state index contributed by atoms with van der Waals surface area (Å²) in [6.07, 6.45) is -0.355. The molecule has 0 amide bonds. The maximum Gasteiger partial charge on any atom is 0.319 e. The van der Waals surface area contributed by atoms with Crippen LogP contribution in [0.3, 0.4) is 0 Å². The lowest BCUT2D eigenvalue weighted by molar-refractivity contribution is -0.123. The Morgan fingerprint density at radius 3 is 2.77 bits per heavy atom. The standard InChI is InChI=1S/C28H27ClFN5O4/c1-37-23(38-2)15-39-28-33-26-21(27(34-28)35-10-9-32-17(14-35)7-8-31)13-22(29)24(25(26)30)20-12-18(36)11-16-5-3-4-6-19(16)20/h3-6,11-13,17,23,32,36H,7,9-10,14-15H2,1-2H3/t17-/m0/s1. The van der Waals surface area contributed by atoms with Gasteiger partial charge in [0.15, 0.2) is 12.1 Å². The summed E-state index contributed by atoms with van der Waals surface area (Å²) in [7, 11) is 2.96. The number of nitriles is 1. The number of anilines is 1. The van der Waals surface area contributed by atoms with Crippen LogP contribution in [0.2, 0.25) is 5.02 Å². The largest absolute Gasteiger partial charge is 0.508 e. The van der Waals surface area contributed by atoms with Crippen molar-refractivity contribution in [1.82, 2.24) is 15.3 Å². The van der Waals surface area contributed by atoms with Crippen molar-refractivity contribution in [3.05, 3.63) is 53.3 Å². The predicted octanol–water partition coefficient (Wildman–Crippen LogP) is 4.64. The number of hydrogen-bond acceptors (Lipinski definition) is 9. The Balaban J connectivity index is 1.70. The molecule has 0 radical (unpaired) electrons. The van der Waals surface area contributed by atoms with Gasteiger partial charge in [0, 0.05) is 50.8 Å². The average Bonchev–Trinajstić information content (AvgIpc) is 2.94. The molecule has 1 aromatic heterocycles. The maximum absolute atomic E-state index is 16.5. The second kappa shape index (κ2) is 11.6. The Morgan fingerprint density at radius 1 is 1.21 bits per heavy atom. The van der Waals surface area contributed by atoms with E-state index in [4.69, 9.17) is 25.8 Å². The highest BCUT2D eigenvalue weighted by molar-refractivity contribution is 6.35. The van der Waals surface area contributed by atoms with Gasteiger partial charge >= 0.3 is 6.01 Å². The molecule has 1 saturated heterocycles. The molecule has 0 unspecified atom stereocenters. The monoisotopic (exact) mass is 551 g/mol. The zero-order valence-electron chi connectivity index (χ0n) is 21.4. The van der Waals surface area contributed by atoms with Gasteiger partial charge in [-0.05, 0) is 34.5 Å². The summed E-state index contributed by atoms with van der Waals surface area (Å²) in [5.41, 5.74) is 0.567. The van der Waals surface area contributed by atoms with Crippen molar-refractivity contribution in [3.8, 4) is 29.0 Å². The Labute approximate surface area is 229 Å². The first-order valence-electron chi connectivity index (χ1n) is 12.4. The number of aromatic nitrogens is 2. The number of phenolic OH excluding ortho intramolecular Hbond substituents is 1. The molecule has 11 heteroatoms. The number of nitrogens with zero attached hydrogens (tertiary/aromatic N) is 4. The van der Waals surface area contributed by atoms with E-state index >= 15 is 4.39 Å². The fraction of sp³-hybridized carbons (Fsp3) is 0.321. The Hall–Kier alpha value is -3.75. The minimum Gasteiger partial charge on any atom is -0.508 e. The first-order chi connectivity index (χ1) is 18.9. The molecule has 2 heterocycles. The minimum atomic E-state index is -0.670. The lowest BCUT2D eigenvalue weighted by atomic mass is 9.96. The van der Waals surface area contributed by atoms with E-state index in [9.17, 15) is 10.4 Å². The van der Waals surface area contributed by atoms with Crippen molar-refractivity contribution in [1.29, 1.82) is 5.26 Å². The molecular weight excluding hydrogens is 525 g/mol. The van der Waals surface area contributed by atoms with E-state index in [-0.39, 0.29) is 40.5 Å². The molecule has 1 aliphatic rings. The number of rotatable bonds is 8. The lowest BCUT2D eigenvalue weighted by Gasteiger charge is -2.34. The lowest BCUT2D eigenvalue weighted by Crippen LogP contribution is -2.51. The van der Waals surface area contributed by atoms with Gasteiger partial charge in [0.05, 0.1) is 17.5 Å². The molecule has 3 aromatic carbocycles. The zero-order valence-corrected chi connectivity index (χ0v) is 22.2. The molecule has 1 atom stereocenters. The van der Waals surface area contributed by atoms with Gasteiger partial charge in [-0.1, -0.05) is 35.9 Å². The van der Waals surface area contributed by atoms with Gasteiger partial charge in [0.25, 0.3) is 0 Å². The number of methoxy groups -OCH3 is 2. The van der Waals surface area contributed by atoms with Crippen LogP contribution in [0.5, 0.6) is 11.8 Å². The van der Waals surface area contributed by atoms with Crippen molar-refractivity contribution in [3.63, 3.8) is 0 Å². The van der Waals surface area contributed by atoms with Gasteiger partial charge in [-0.15, -0.1) is 0 Å². The van der Waals surface area contributed by atoms with E-state index in [1.54, 1.807) is 12.1 Å². The van der Waals surface area contributed by atoms with Gasteiger partial charge in [0.1, 0.15) is 23.7 Å². The van der Waals surface area contributed by atoms with E-state index in [0.717, 1.165) is 10.8 Å². The van der Waals surface area contributed by atoms with Crippen LogP contribution in [0.4, 0.5) is 10.2 Å². The quantitative estimate of drug-likeness (QED) is 0.302. The summed E-state index contributed by atoms with van der Waals surface area (Å²) in [6, 6.07) is 14.2. The van der Waals surface area contributed by atoms with Crippen molar-refractivity contribution < 1.29 is 23.7 Å². The highest BCUT2D eigenvalue weighted by Gasteiger charge is 2.27. The Kier molecular flexibility index (Phi) is 7.95. The summed E-state index contributed by atoms with van der Waals surface area (Å²) >= 11 is 6.75. The van der Waals surface area contributed by atoms with Crippen molar-refractivity contribution >= 4 is 39.1 Å². The fourth-order valence-corrected chi connectivity index (χ4v) is 5.15. The Morgan fingerprint density at radius 2 is 2.00 bits per heavy atom. The van der Waals surface area contributed by atoms with Crippen LogP contribution in [0.15, 0.2) is 42.5 Å². The molecule has 39 heavy (non-hydrogen) atoms. The normalized spacial score (nSPS) is 15.7. The number of benzene rings is 3. The van der Waals surface area contributed by atoms with Crippen molar-refractivity contribution in [2.45, 2.75) is 18.8 Å². The van der Waals surface area contributed by atoms with Gasteiger partial charge in [-0.25, -0.2) is 4.39 Å². The molecule has 0 saturated carbocycles. The summed E-state index contributed by atoms with van der Waals surface area (Å²) < 4.78 is 32.7. The molecule has 4 aromatic rings. The second-order valence-corrected chi connectivity index (χ2v) is 9.57. The number of nitrogens with one attached hydrogen (secondary N) is 1. The van der Waals surface area contributed by atoms with Gasteiger partial charge < -0.3 is 29.5 Å². The SMILES string of the molecule is COC(COc1nc(N2CCN[C@@H](CC#N)C2)c2cc(Cl)c(-c3cc(O)cc4ccccc34)c(F)c2n1)OC. The first kappa shape index (κ1) is 26.8. The third-order valence-corrected chi connectivity index (χ3v) is 7.02. The maximum atomic E-state index is 16.5. The summed E-state index contributed by atoms with van der Waals surface area (Å²) in [4.78, 5) is 11.0. The van der Waals surface area contributed by atoms with Crippen LogP contribution in [-0.4, -0.2) is 67.9 Å². The van der Waals surface area contributed by atoms with Crippen LogP contribution >= 0.6 is 11.6 Å². The first-order valence-corrected chi connectivity index (χ1v) is 12.8. The van der Waals surface area contributed by atoms with Gasteiger partial charge in [0.2, 0.25) is 0 Å². The van der Waals surface area contributed by atoms with E-state index in [0.29, 0.717) is 42.8 Å². The number of ether oxygens (including phenoxy) is 3. The average molecular weight is 552 g/mol. The number of hydrogen-bond donors (Lipinski definition) is 2. The summed E-state index contributed by atoms with van der Waals surface area (Å²) in [5.74, 6) is -0.236. The molecule has 1 aliphatic heterocycles. The number of halogens is 2. The van der Waals surface area contributed by atoms with Crippen LogP contribution in [0.25, 0.3) is 32.8 Å². The van der Waals surface area contributed by atoms with E-state index in [2.05, 4.69) is 21.4 Å². The number of phenols is 1. The molecule has 202 valence electrons. The van der Waals surface area contributed by atoms with Crippen LogP contribution < -0.4 is 15.0 Å².